The van der Waals surface area contributed by atoms with Crippen LogP contribution in [-0.4, -0.2) is 34.6 Å². The Balaban J connectivity index is 2.36. The lowest BCUT2D eigenvalue weighted by atomic mass is 10.0. The molecule has 0 radical (unpaired) electrons. The van der Waals surface area contributed by atoms with Gasteiger partial charge in [0.1, 0.15) is 6.04 Å². The molecule has 2 rings (SSSR count). The molecule has 19 heavy (non-hydrogen) atoms. The number of rotatable bonds is 1. The lowest BCUT2D eigenvalue weighted by Gasteiger charge is -2.27. The lowest BCUT2D eigenvalue weighted by molar-refractivity contribution is -0.149. The number of carbonyl (C=O) groups is 4. The van der Waals surface area contributed by atoms with Crippen LogP contribution in [0.4, 0.5) is 0 Å². The number of likely N-dealkylation sites (tertiary alicyclic amines) is 1. The molecule has 2 aliphatic heterocycles. The van der Waals surface area contributed by atoms with Gasteiger partial charge >= 0.3 is 0 Å². The van der Waals surface area contributed by atoms with Crippen LogP contribution in [0.2, 0.25) is 0 Å². The van der Waals surface area contributed by atoms with Gasteiger partial charge < -0.3 is 0 Å². The minimum Gasteiger partial charge on any atom is -0.295 e. The number of nitrogens with zero attached hydrogens (tertiary/aromatic N) is 1. The molecule has 0 bridgehead atoms. The van der Waals surface area contributed by atoms with E-state index in [1.54, 1.807) is 6.92 Å². The van der Waals surface area contributed by atoms with Crippen LogP contribution in [0.1, 0.15) is 19.8 Å². The van der Waals surface area contributed by atoms with Crippen molar-refractivity contribution >= 4 is 35.2 Å². The third-order valence-electron chi connectivity index (χ3n) is 3.11. The second kappa shape index (κ2) is 4.97. The number of imide groups is 2. The van der Waals surface area contributed by atoms with E-state index in [9.17, 15) is 19.2 Å². The van der Waals surface area contributed by atoms with Gasteiger partial charge in [-0.2, -0.15) is 0 Å². The first-order chi connectivity index (χ1) is 9.01. The van der Waals surface area contributed by atoms with Crippen molar-refractivity contribution in [2.75, 3.05) is 0 Å². The van der Waals surface area contributed by atoms with Crippen LogP contribution in [0.5, 0.6) is 0 Å². The Kier molecular flexibility index (Phi) is 3.53. The Labute approximate surface area is 114 Å². The van der Waals surface area contributed by atoms with Crippen LogP contribution in [0.15, 0.2) is 22.8 Å². The Hall–Kier alpha value is -1.95. The molecule has 1 N–H and O–H groups in total. The Morgan fingerprint density at radius 1 is 1.21 bits per heavy atom. The summed E-state index contributed by atoms with van der Waals surface area (Å²) in [5, 5.41) is 2.12. The smallest absolute Gasteiger partial charge is 0.263 e. The highest BCUT2D eigenvalue weighted by Crippen LogP contribution is 2.29. The normalized spacial score (nSPS) is 28.5. The molecule has 7 heteroatoms. The van der Waals surface area contributed by atoms with Crippen molar-refractivity contribution in [3.63, 3.8) is 0 Å². The summed E-state index contributed by atoms with van der Waals surface area (Å²) in [7, 11) is 0. The quantitative estimate of drug-likeness (QED) is 0.551. The molecule has 0 aliphatic carbocycles. The Bertz CT molecular complexity index is 520. The van der Waals surface area contributed by atoms with Gasteiger partial charge in [-0.25, -0.2) is 0 Å². The van der Waals surface area contributed by atoms with Crippen LogP contribution in [0.3, 0.4) is 0 Å². The van der Waals surface area contributed by atoms with Crippen molar-refractivity contribution in [1.82, 2.24) is 10.2 Å². The molecular weight excluding hydrogens is 272 g/mol. The maximum Gasteiger partial charge on any atom is 0.263 e. The van der Waals surface area contributed by atoms with Gasteiger partial charge in [-0.05, 0) is 13.3 Å². The number of carbonyl (C=O) groups excluding carboxylic acids is 4. The molecular formula is C12H11ClN2O4. The SMILES string of the molecule is C/C=C1/C(=O)N(C2CCC(=O)NC2=O)C(=O)/C1=C/Cl. The fourth-order valence-corrected chi connectivity index (χ4v) is 2.39. The van der Waals surface area contributed by atoms with Gasteiger partial charge in [0.05, 0.1) is 5.57 Å². The first kappa shape index (κ1) is 13.5. The summed E-state index contributed by atoms with van der Waals surface area (Å²) in [6.45, 7) is 1.61. The molecule has 6 nitrogen and oxygen atoms in total. The van der Waals surface area contributed by atoms with E-state index < -0.39 is 29.7 Å². The zero-order valence-electron chi connectivity index (χ0n) is 10.1. The van der Waals surface area contributed by atoms with E-state index in [2.05, 4.69) is 5.32 Å². The predicted octanol–water partition coefficient (Wildman–Crippen LogP) is 0.229. The van der Waals surface area contributed by atoms with Gasteiger partial charge in [-0.3, -0.25) is 29.4 Å². The summed E-state index contributed by atoms with van der Waals surface area (Å²) in [5.41, 5.74) is 1.27. The minimum absolute atomic E-state index is 0.0684. The maximum absolute atomic E-state index is 12.1. The molecule has 0 aromatic heterocycles. The fourth-order valence-electron chi connectivity index (χ4n) is 2.18. The lowest BCUT2D eigenvalue weighted by Crippen LogP contribution is -2.54. The van der Waals surface area contributed by atoms with E-state index in [-0.39, 0.29) is 24.0 Å². The molecule has 2 heterocycles. The average Bonchev–Trinajstić information content (AvgIpc) is 2.61. The highest BCUT2D eigenvalue weighted by molar-refractivity contribution is 6.33. The predicted molar refractivity (Wildman–Crippen MR) is 65.7 cm³/mol. The minimum atomic E-state index is -0.957. The second-order valence-corrected chi connectivity index (χ2v) is 4.39. The summed E-state index contributed by atoms with van der Waals surface area (Å²) in [6, 6.07) is -0.957. The molecule has 0 spiro atoms. The molecule has 0 saturated carbocycles. The van der Waals surface area contributed by atoms with Gasteiger partial charge in [0.2, 0.25) is 11.8 Å². The van der Waals surface area contributed by atoms with Gasteiger partial charge in [0.25, 0.3) is 11.8 Å². The largest absolute Gasteiger partial charge is 0.295 e. The van der Waals surface area contributed by atoms with Gasteiger partial charge in [0.15, 0.2) is 0 Å². The first-order valence-corrected chi connectivity index (χ1v) is 6.13. The van der Waals surface area contributed by atoms with Gasteiger partial charge in [0, 0.05) is 17.5 Å². The van der Waals surface area contributed by atoms with E-state index >= 15 is 0 Å². The summed E-state index contributed by atoms with van der Waals surface area (Å²) in [4.78, 5) is 47.9. The number of halogens is 1. The van der Waals surface area contributed by atoms with Crippen molar-refractivity contribution in [2.24, 2.45) is 0 Å². The van der Waals surface area contributed by atoms with Crippen LogP contribution < -0.4 is 5.32 Å². The summed E-state index contributed by atoms with van der Waals surface area (Å²) >= 11 is 5.55. The van der Waals surface area contributed by atoms with Crippen LogP contribution >= 0.6 is 11.6 Å². The maximum atomic E-state index is 12.1. The third-order valence-corrected chi connectivity index (χ3v) is 3.33. The summed E-state index contributed by atoms with van der Waals surface area (Å²) < 4.78 is 0. The van der Waals surface area contributed by atoms with Crippen molar-refractivity contribution in [1.29, 1.82) is 0 Å². The number of nitrogens with one attached hydrogen (secondary N) is 1. The van der Waals surface area contributed by atoms with E-state index in [0.717, 1.165) is 10.4 Å². The van der Waals surface area contributed by atoms with E-state index in [0.29, 0.717) is 0 Å². The van der Waals surface area contributed by atoms with E-state index in [1.165, 1.54) is 6.08 Å². The number of piperidine rings is 1. The zero-order valence-corrected chi connectivity index (χ0v) is 10.9. The molecule has 1 atom stereocenters. The highest BCUT2D eigenvalue weighted by Gasteiger charge is 2.46. The average molecular weight is 283 g/mol. The first-order valence-electron chi connectivity index (χ1n) is 5.70. The van der Waals surface area contributed by atoms with Crippen LogP contribution in [0.25, 0.3) is 0 Å². The molecule has 4 amide bonds. The fraction of sp³-hybridized carbons (Fsp3) is 0.333. The zero-order chi connectivity index (χ0) is 14.2. The number of allylic oxidation sites excluding steroid dienone is 1. The van der Waals surface area contributed by atoms with Crippen molar-refractivity contribution < 1.29 is 19.2 Å². The number of hydrogen-bond acceptors (Lipinski definition) is 4. The van der Waals surface area contributed by atoms with Crippen molar-refractivity contribution in [3.05, 3.63) is 22.8 Å². The van der Waals surface area contributed by atoms with Gasteiger partial charge in [-0.1, -0.05) is 17.7 Å². The molecule has 1 unspecified atom stereocenters. The summed E-state index contributed by atoms with van der Waals surface area (Å²) in [5.74, 6) is -2.21. The van der Waals surface area contributed by atoms with E-state index in [1.807, 2.05) is 0 Å². The molecule has 2 fully saturated rings. The molecule has 0 aromatic carbocycles. The third kappa shape index (κ3) is 2.08. The number of amides is 4. The highest BCUT2D eigenvalue weighted by atomic mass is 35.5. The Morgan fingerprint density at radius 2 is 1.84 bits per heavy atom. The number of hydrogen-bond donors (Lipinski definition) is 1. The Morgan fingerprint density at radius 3 is 2.32 bits per heavy atom. The summed E-state index contributed by atoms with van der Waals surface area (Å²) in [6.07, 6.45) is 1.70. The monoisotopic (exact) mass is 282 g/mol. The van der Waals surface area contributed by atoms with Crippen LogP contribution in [0, 0.1) is 0 Å². The molecule has 0 aromatic rings. The second-order valence-electron chi connectivity index (χ2n) is 4.17. The topological polar surface area (TPSA) is 83.6 Å². The molecule has 2 aliphatic rings. The van der Waals surface area contributed by atoms with Crippen molar-refractivity contribution in [2.45, 2.75) is 25.8 Å². The van der Waals surface area contributed by atoms with Crippen LogP contribution in [-0.2, 0) is 19.2 Å². The van der Waals surface area contributed by atoms with Gasteiger partial charge in [-0.15, -0.1) is 0 Å². The molecule has 2 saturated heterocycles. The van der Waals surface area contributed by atoms with Crippen molar-refractivity contribution in [3.8, 4) is 0 Å². The standard InChI is InChI=1S/C12H11ClN2O4/c1-2-6-7(5-13)12(19)15(11(6)18)8-3-4-9(16)14-10(8)17/h2,5,8H,3-4H2,1H3,(H,14,16,17)/b6-2+,7-5+. The van der Waals surface area contributed by atoms with E-state index in [4.69, 9.17) is 11.6 Å². The molecule has 100 valence electrons.